The Bertz CT molecular complexity index is 976. The summed E-state index contributed by atoms with van der Waals surface area (Å²) in [6, 6.07) is 10.6. The molecule has 2 aliphatic heterocycles. The second kappa shape index (κ2) is 8.08. The van der Waals surface area contributed by atoms with Crippen LogP contribution in [0.3, 0.4) is 0 Å². The van der Waals surface area contributed by atoms with Gasteiger partial charge in [-0.15, -0.1) is 0 Å². The van der Waals surface area contributed by atoms with Crippen LogP contribution in [0.15, 0.2) is 41.3 Å². The Morgan fingerprint density at radius 3 is 2.39 bits per heavy atom. The van der Waals surface area contributed by atoms with Gasteiger partial charge in [0, 0.05) is 32.7 Å². The van der Waals surface area contributed by atoms with E-state index in [2.05, 4.69) is 4.90 Å². The second-order valence-corrected chi connectivity index (χ2v) is 9.40. The van der Waals surface area contributed by atoms with Crippen LogP contribution < -0.4 is 9.47 Å². The molecule has 9 heteroatoms. The van der Waals surface area contributed by atoms with Gasteiger partial charge in [0.05, 0.1) is 10.0 Å². The molecule has 2 heterocycles. The van der Waals surface area contributed by atoms with Gasteiger partial charge in [-0.25, -0.2) is 8.42 Å². The molecular weight excluding hydrogens is 423 g/mol. The van der Waals surface area contributed by atoms with Crippen LogP contribution in [0.25, 0.3) is 0 Å². The SMILES string of the molecule is O=S(=O)(c1cccc(Cl)c1Cl)N1CCN(Cc2ccc3c(c2)OCCO3)CC1. The van der Waals surface area contributed by atoms with Gasteiger partial charge in [-0.3, -0.25) is 4.90 Å². The van der Waals surface area contributed by atoms with Gasteiger partial charge >= 0.3 is 0 Å². The molecule has 28 heavy (non-hydrogen) atoms. The minimum absolute atomic E-state index is 0.0574. The third-order valence-corrected chi connectivity index (χ3v) is 7.75. The number of rotatable bonds is 4. The average molecular weight is 443 g/mol. The first-order chi connectivity index (χ1) is 13.4. The molecular formula is C19H20Cl2N2O4S. The maximum Gasteiger partial charge on any atom is 0.244 e. The van der Waals surface area contributed by atoms with Crippen LogP contribution in [0.1, 0.15) is 5.56 Å². The van der Waals surface area contributed by atoms with Crippen molar-refractivity contribution < 1.29 is 17.9 Å². The molecule has 1 fully saturated rings. The first-order valence-corrected chi connectivity index (χ1v) is 11.2. The molecule has 0 saturated carbocycles. The van der Waals surface area contributed by atoms with Crippen molar-refractivity contribution >= 4 is 33.2 Å². The van der Waals surface area contributed by atoms with Crippen molar-refractivity contribution in [3.63, 3.8) is 0 Å². The topological polar surface area (TPSA) is 59.1 Å². The van der Waals surface area contributed by atoms with E-state index < -0.39 is 10.0 Å². The zero-order valence-electron chi connectivity index (χ0n) is 15.1. The zero-order valence-corrected chi connectivity index (χ0v) is 17.4. The molecule has 2 aromatic rings. The summed E-state index contributed by atoms with van der Waals surface area (Å²) in [5.74, 6) is 1.53. The van der Waals surface area contributed by atoms with Gasteiger partial charge in [-0.05, 0) is 29.8 Å². The van der Waals surface area contributed by atoms with E-state index in [4.69, 9.17) is 32.7 Å². The first kappa shape index (κ1) is 19.8. The van der Waals surface area contributed by atoms with E-state index in [9.17, 15) is 8.42 Å². The number of piperazine rings is 1. The van der Waals surface area contributed by atoms with E-state index in [1.165, 1.54) is 10.4 Å². The number of hydrogen-bond acceptors (Lipinski definition) is 5. The van der Waals surface area contributed by atoms with Gasteiger partial charge in [0.15, 0.2) is 11.5 Å². The lowest BCUT2D eigenvalue weighted by atomic mass is 10.1. The molecule has 0 spiro atoms. The van der Waals surface area contributed by atoms with E-state index in [1.807, 2.05) is 18.2 Å². The van der Waals surface area contributed by atoms with Crippen molar-refractivity contribution in [2.45, 2.75) is 11.4 Å². The fourth-order valence-electron chi connectivity index (χ4n) is 3.39. The number of benzene rings is 2. The molecule has 1 saturated heterocycles. The van der Waals surface area contributed by atoms with Crippen LogP contribution in [-0.2, 0) is 16.6 Å². The predicted octanol–water partition coefficient (Wildman–Crippen LogP) is 3.27. The summed E-state index contributed by atoms with van der Waals surface area (Å²) in [6.07, 6.45) is 0. The molecule has 0 radical (unpaired) electrons. The van der Waals surface area contributed by atoms with Crippen LogP contribution in [0.4, 0.5) is 0 Å². The van der Waals surface area contributed by atoms with Crippen molar-refractivity contribution in [1.29, 1.82) is 0 Å². The van der Waals surface area contributed by atoms with Crippen LogP contribution in [0, 0.1) is 0 Å². The maximum absolute atomic E-state index is 12.9. The Kier molecular flexibility index (Phi) is 5.71. The molecule has 0 aliphatic carbocycles. The Morgan fingerprint density at radius 2 is 1.64 bits per heavy atom. The van der Waals surface area contributed by atoms with Gasteiger partial charge in [-0.2, -0.15) is 4.31 Å². The largest absolute Gasteiger partial charge is 0.486 e. The molecule has 6 nitrogen and oxygen atoms in total. The Labute approximate surface area is 174 Å². The number of halogens is 2. The lowest BCUT2D eigenvalue weighted by Crippen LogP contribution is -2.48. The van der Waals surface area contributed by atoms with Crippen molar-refractivity contribution in [2.75, 3.05) is 39.4 Å². The fraction of sp³-hybridized carbons (Fsp3) is 0.368. The molecule has 0 aromatic heterocycles. The maximum atomic E-state index is 12.9. The molecule has 0 atom stereocenters. The quantitative estimate of drug-likeness (QED) is 0.726. The highest BCUT2D eigenvalue weighted by atomic mass is 35.5. The predicted molar refractivity (Wildman–Crippen MR) is 108 cm³/mol. The molecule has 0 N–H and O–H groups in total. The number of fused-ring (bicyclic) bond motifs is 1. The summed E-state index contributed by atoms with van der Waals surface area (Å²) in [5.41, 5.74) is 1.11. The number of ether oxygens (including phenoxy) is 2. The fourth-order valence-corrected chi connectivity index (χ4v) is 5.55. The molecule has 4 rings (SSSR count). The first-order valence-electron chi connectivity index (χ1n) is 9.00. The van der Waals surface area contributed by atoms with Crippen molar-refractivity contribution in [1.82, 2.24) is 9.21 Å². The molecule has 150 valence electrons. The third kappa shape index (κ3) is 3.95. The van der Waals surface area contributed by atoms with E-state index in [-0.39, 0.29) is 14.9 Å². The van der Waals surface area contributed by atoms with Crippen molar-refractivity contribution in [3.8, 4) is 11.5 Å². The van der Waals surface area contributed by atoms with E-state index in [1.54, 1.807) is 12.1 Å². The summed E-state index contributed by atoms with van der Waals surface area (Å²) in [5, 5.41) is 0.308. The second-order valence-electron chi connectivity index (χ2n) is 6.71. The lowest BCUT2D eigenvalue weighted by molar-refractivity contribution is 0.169. The van der Waals surface area contributed by atoms with Crippen LogP contribution >= 0.6 is 23.2 Å². The molecule has 0 unspecified atom stereocenters. The van der Waals surface area contributed by atoms with Crippen molar-refractivity contribution in [2.24, 2.45) is 0 Å². The summed E-state index contributed by atoms with van der Waals surface area (Å²) < 4.78 is 38.5. The minimum atomic E-state index is -3.67. The van der Waals surface area contributed by atoms with Crippen LogP contribution in [0.2, 0.25) is 10.0 Å². The average Bonchev–Trinajstić information content (AvgIpc) is 2.70. The number of sulfonamides is 1. The standard InChI is InChI=1S/C19H20Cl2N2O4S/c20-15-2-1-3-18(19(15)21)28(24,25)23-8-6-22(7-9-23)13-14-4-5-16-17(12-14)27-11-10-26-16/h1-5,12H,6-11,13H2. The molecule has 2 aromatic carbocycles. The molecule has 0 amide bonds. The van der Waals surface area contributed by atoms with Crippen LogP contribution in [-0.4, -0.2) is 57.0 Å². The minimum Gasteiger partial charge on any atom is -0.486 e. The zero-order chi connectivity index (χ0) is 19.7. The van der Waals surface area contributed by atoms with E-state index in [0.717, 1.165) is 23.6 Å². The number of nitrogens with zero attached hydrogens (tertiary/aromatic N) is 2. The van der Waals surface area contributed by atoms with Gasteiger partial charge < -0.3 is 9.47 Å². The Hall–Kier alpha value is -1.51. The van der Waals surface area contributed by atoms with Gasteiger partial charge in [-0.1, -0.05) is 35.3 Å². The highest BCUT2D eigenvalue weighted by Crippen LogP contribution is 2.32. The van der Waals surface area contributed by atoms with Gasteiger partial charge in [0.2, 0.25) is 10.0 Å². The van der Waals surface area contributed by atoms with Crippen molar-refractivity contribution in [3.05, 3.63) is 52.0 Å². The van der Waals surface area contributed by atoms with Gasteiger partial charge in [0.1, 0.15) is 18.1 Å². The highest BCUT2D eigenvalue weighted by Gasteiger charge is 2.30. The molecule has 0 bridgehead atoms. The third-order valence-electron chi connectivity index (χ3n) is 4.88. The number of hydrogen-bond donors (Lipinski definition) is 0. The highest BCUT2D eigenvalue weighted by molar-refractivity contribution is 7.89. The van der Waals surface area contributed by atoms with Crippen LogP contribution in [0.5, 0.6) is 11.5 Å². The van der Waals surface area contributed by atoms with E-state index >= 15 is 0 Å². The summed E-state index contributed by atoms with van der Waals surface area (Å²) in [4.78, 5) is 2.28. The summed E-state index contributed by atoms with van der Waals surface area (Å²) in [7, 11) is -3.67. The summed E-state index contributed by atoms with van der Waals surface area (Å²) in [6.45, 7) is 3.91. The monoisotopic (exact) mass is 442 g/mol. The Balaban J connectivity index is 1.41. The van der Waals surface area contributed by atoms with Gasteiger partial charge in [0.25, 0.3) is 0 Å². The normalized spacial score (nSPS) is 18.2. The Morgan fingerprint density at radius 1 is 0.929 bits per heavy atom. The summed E-state index contributed by atoms with van der Waals surface area (Å²) >= 11 is 12.1. The smallest absolute Gasteiger partial charge is 0.244 e. The lowest BCUT2D eigenvalue weighted by Gasteiger charge is -2.34. The van der Waals surface area contributed by atoms with E-state index in [0.29, 0.717) is 39.4 Å². The molecule has 2 aliphatic rings.